The summed E-state index contributed by atoms with van der Waals surface area (Å²) in [4.78, 5) is 11.3. The zero-order valence-electron chi connectivity index (χ0n) is 8.57. The third-order valence-electron chi connectivity index (χ3n) is 1.93. The van der Waals surface area contributed by atoms with Crippen LogP contribution in [0.4, 0.5) is 0 Å². The second kappa shape index (κ2) is 5.88. The summed E-state index contributed by atoms with van der Waals surface area (Å²) in [5.74, 6) is -0.350. The van der Waals surface area contributed by atoms with Crippen molar-refractivity contribution in [3.63, 3.8) is 0 Å². The number of halogens is 1. The Bertz CT molecular complexity index is 341. The molecule has 15 heavy (non-hydrogen) atoms. The van der Waals surface area contributed by atoms with Crippen molar-refractivity contribution in [1.29, 1.82) is 0 Å². The summed E-state index contributed by atoms with van der Waals surface area (Å²) < 4.78 is 5.81. The van der Waals surface area contributed by atoms with Gasteiger partial charge in [0.05, 0.1) is 6.61 Å². The molecule has 0 heterocycles. The molecule has 0 bridgehead atoms. The number of nitrogens with two attached hydrogens (primary N) is 1. The average molecular weight is 272 g/mol. The molecule has 1 aromatic carbocycles. The first-order valence-electron chi connectivity index (χ1n) is 4.80. The monoisotopic (exact) mass is 271 g/mol. The smallest absolute Gasteiger partial charge is 0.323 e. The molecule has 0 saturated carbocycles. The summed E-state index contributed by atoms with van der Waals surface area (Å²) >= 11 is 3.36. The van der Waals surface area contributed by atoms with Crippen LogP contribution in [0.5, 0.6) is 0 Å². The Kier molecular flexibility index (Phi) is 4.78. The first-order chi connectivity index (χ1) is 7.13. The highest BCUT2D eigenvalue weighted by Crippen LogP contribution is 2.12. The van der Waals surface area contributed by atoms with E-state index < -0.39 is 6.04 Å². The number of esters is 1. The lowest BCUT2D eigenvalue weighted by molar-refractivity contribution is -0.144. The predicted molar refractivity (Wildman–Crippen MR) is 62.5 cm³/mol. The number of hydrogen-bond donors (Lipinski definition) is 1. The lowest BCUT2D eigenvalue weighted by Gasteiger charge is -2.10. The first-order valence-corrected chi connectivity index (χ1v) is 5.59. The molecule has 0 radical (unpaired) electrons. The van der Waals surface area contributed by atoms with Gasteiger partial charge in [-0.15, -0.1) is 0 Å². The minimum atomic E-state index is -0.584. The van der Waals surface area contributed by atoms with E-state index in [0.717, 1.165) is 10.0 Å². The largest absolute Gasteiger partial charge is 0.465 e. The van der Waals surface area contributed by atoms with E-state index in [-0.39, 0.29) is 5.97 Å². The maximum absolute atomic E-state index is 11.3. The number of carbonyl (C=O) groups is 1. The molecule has 0 saturated heterocycles. The molecule has 4 heteroatoms. The highest BCUT2D eigenvalue weighted by atomic mass is 79.9. The van der Waals surface area contributed by atoms with E-state index in [2.05, 4.69) is 15.9 Å². The van der Waals surface area contributed by atoms with Gasteiger partial charge in [0, 0.05) is 4.47 Å². The predicted octanol–water partition coefficient (Wildman–Crippen LogP) is 1.88. The van der Waals surface area contributed by atoms with Gasteiger partial charge in [0.15, 0.2) is 0 Å². The van der Waals surface area contributed by atoms with Gasteiger partial charge >= 0.3 is 5.97 Å². The van der Waals surface area contributed by atoms with Gasteiger partial charge in [-0.2, -0.15) is 0 Å². The molecule has 0 aliphatic carbocycles. The highest BCUT2D eigenvalue weighted by molar-refractivity contribution is 9.10. The summed E-state index contributed by atoms with van der Waals surface area (Å²) in [6.07, 6.45) is 0.498. The molecule has 1 atom stereocenters. The maximum atomic E-state index is 11.3. The summed E-state index contributed by atoms with van der Waals surface area (Å²) in [5, 5.41) is 0. The zero-order valence-corrected chi connectivity index (χ0v) is 10.2. The molecule has 82 valence electrons. The van der Waals surface area contributed by atoms with E-state index >= 15 is 0 Å². The lowest BCUT2D eigenvalue weighted by Crippen LogP contribution is -2.34. The minimum absolute atomic E-state index is 0.350. The van der Waals surface area contributed by atoms with Gasteiger partial charge in [-0.05, 0) is 31.0 Å². The average Bonchev–Trinajstić information content (AvgIpc) is 2.18. The number of benzene rings is 1. The fourth-order valence-corrected chi connectivity index (χ4v) is 1.70. The Morgan fingerprint density at radius 1 is 1.60 bits per heavy atom. The Balaban J connectivity index is 2.58. The summed E-state index contributed by atoms with van der Waals surface area (Å²) in [6.45, 7) is 2.13. The van der Waals surface area contributed by atoms with E-state index in [0.29, 0.717) is 13.0 Å². The fraction of sp³-hybridized carbons (Fsp3) is 0.364. The molecule has 2 N–H and O–H groups in total. The van der Waals surface area contributed by atoms with Crippen LogP contribution >= 0.6 is 15.9 Å². The van der Waals surface area contributed by atoms with Crippen molar-refractivity contribution in [1.82, 2.24) is 0 Å². The molecule has 0 aliphatic heterocycles. The van der Waals surface area contributed by atoms with Gasteiger partial charge in [-0.25, -0.2) is 0 Å². The van der Waals surface area contributed by atoms with Crippen LogP contribution in [-0.2, 0) is 16.0 Å². The maximum Gasteiger partial charge on any atom is 0.323 e. The normalized spacial score (nSPS) is 12.2. The third kappa shape index (κ3) is 4.01. The Morgan fingerprint density at radius 2 is 2.33 bits per heavy atom. The summed E-state index contributed by atoms with van der Waals surface area (Å²) in [6, 6.07) is 7.14. The van der Waals surface area contributed by atoms with Crippen LogP contribution in [0.2, 0.25) is 0 Å². The third-order valence-corrected chi connectivity index (χ3v) is 2.43. The van der Waals surface area contributed by atoms with Gasteiger partial charge in [0.1, 0.15) is 6.04 Å². The molecule has 0 amide bonds. The van der Waals surface area contributed by atoms with E-state index in [4.69, 9.17) is 10.5 Å². The van der Waals surface area contributed by atoms with Crippen molar-refractivity contribution in [3.05, 3.63) is 34.3 Å². The van der Waals surface area contributed by atoms with Crippen LogP contribution in [0.1, 0.15) is 12.5 Å². The molecule has 3 nitrogen and oxygen atoms in total. The topological polar surface area (TPSA) is 52.3 Å². The van der Waals surface area contributed by atoms with Crippen LogP contribution in [-0.4, -0.2) is 18.6 Å². The van der Waals surface area contributed by atoms with Crippen molar-refractivity contribution in [3.8, 4) is 0 Å². The van der Waals surface area contributed by atoms with Gasteiger partial charge in [0.2, 0.25) is 0 Å². The van der Waals surface area contributed by atoms with E-state index in [1.807, 2.05) is 24.3 Å². The Labute approximate surface area is 97.7 Å². The van der Waals surface area contributed by atoms with Crippen molar-refractivity contribution >= 4 is 21.9 Å². The lowest BCUT2D eigenvalue weighted by atomic mass is 10.1. The fourth-order valence-electron chi connectivity index (χ4n) is 1.25. The molecule has 0 fully saturated rings. The van der Waals surface area contributed by atoms with Crippen LogP contribution in [0.15, 0.2) is 28.7 Å². The van der Waals surface area contributed by atoms with Crippen LogP contribution < -0.4 is 5.73 Å². The summed E-state index contributed by atoms with van der Waals surface area (Å²) in [5.41, 5.74) is 6.71. The first kappa shape index (κ1) is 12.2. The molecular weight excluding hydrogens is 258 g/mol. The molecule has 0 aliphatic rings. The number of ether oxygens (including phenoxy) is 1. The molecule has 1 aromatic rings. The van der Waals surface area contributed by atoms with Crippen LogP contribution in [0.3, 0.4) is 0 Å². The van der Waals surface area contributed by atoms with E-state index in [1.54, 1.807) is 6.92 Å². The second-order valence-corrected chi connectivity index (χ2v) is 4.11. The van der Waals surface area contributed by atoms with Gasteiger partial charge in [-0.1, -0.05) is 28.1 Å². The molecule has 0 aromatic heterocycles. The van der Waals surface area contributed by atoms with Crippen LogP contribution in [0.25, 0.3) is 0 Å². The number of hydrogen-bond acceptors (Lipinski definition) is 3. The minimum Gasteiger partial charge on any atom is -0.465 e. The van der Waals surface area contributed by atoms with E-state index in [9.17, 15) is 4.79 Å². The van der Waals surface area contributed by atoms with Gasteiger partial charge in [0.25, 0.3) is 0 Å². The zero-order chi connectivity index (χ0) is 11.3. The Hall–Kier alpha value is -0.870. The van der Waals surface area contributed by atoms with Crippen molar-refractivity contribution in [2.24, 2.45) is 5.73 Å². The molecule has 0 spiro atoms. The highest BCUT2D eigenvalue weighted by Gasteiger charge is 2.14. The SMILES string of the molecule is CCOC(=O)[C@H](N)Cc1cccc(Br)c1. The standard InChI is InChI=1S/C11H14BrNO2/c1-2-15-11(14)10(13)7-8-4-3-5-9(12)6-8/h3-6,10H,2,7,13H2,1H3/t10-/m1/s1. The Morgan fingerprint density at radius 3 is 2.93 bits per heavy atom. The van der Waals surface area contributed by atoms with Crippen molar-refractivity contribution in [2.45, 2.75) is 19.4 Å². The molecule has 0 unspecified atom stereocenters. The van der Waals surface area contributed by atoms with Gasteiger partial charge < -0.3 is 10.5 Å². The number of rotatable bonds is 4. The van der Waals surface area contributed by atoms with Crippen LogP contribution in [0, 0.1) is 0 Å². The van der Waals surface area contributed by atoms with Crippen molar-refractivity contribution < 1.29 is 9.53 Å². The summed E-state index contributed by atoms with van der Waals surface area (Å²) in [7, 11) is 0. The molecule has 1 rings (SSSR count). The van der Waals surface area contributed by atoms with E-state index in [1.165, 1.54) is 0 Å². The second-order valence-electron chi connectivity index (χ2n) is 3.19. The quantitative estimate of drug-likeness (QED) is 0.851. The van der Waals surface area contributed by atoms with Crippen molar-refractivity contribution in [2.75, 3.05) is 6.61 Å². The number of carbonyl (C=O) groups excluding carboxylic acids is 1. The molecular formula is C11H14BrNO2. The van der Waals surface area contributed by atoms with Gasteiger partial charge in [-0.3, -0.25) is 4.79 Å².